The predicted molar refractivity (Wildman–Crippen MR) is 102 cm³/mol. The number of benzene rings is 2. The highest BCUT2D eigenvalue weighted by Gasteiger charge is 2.19. The van der Waals surface area contributed by atoms with Crippen LogP contribution in [-0.2, 0) is 11.3 Å². The van der Waals surface area contributed by atoms with Crippen LogP contribution in [0.1, 0.15) is 16.1 Å². The maximum absolute atomic E-state index is 13.6. The lowest BCUT2D eigenvalue weighted by molar-refractivity contribution is -0.120. The summed E-state index contributed by atoms with van der Waals surface area (Å²) < 4.78 is 24.1. The van der Waals surface area contributed by atoms with Gasteiger partial charge in [-0.1, -0.05) is 24.3 Å². The molecule has 0 bridgehead atoms. The van der Waals surface area contributed by atoms with E-state index in [0.29, 0.717) is 17.0 Å². The minimum Gasteiger partial charge on any atom is -0.481 e. The Morgan fingerprint density at radius 2 is 1.82 bits per heavy atom. The molecule has 0 fully saturated rings. The fourth-order valence-electron chi connectivity index (χ4n) is 2.57. The lowest BCUT2D eigenvalue weighted by atomic mass is 10.1. The number of hydrogen-bond donors (Lipinski definition) is 1. The minimum absolute atomic E-state index is 0.00581. The lowest BCUT2D eigenvalue weighted by Gasteiger charge is -2.20. The van der Waals surface area contributed by atoms with Crippen molar-refractivity contribution in [2.45, 2.75) is 6.54 Å². The molecule has 0 saturated carbocycles. The van der Waals surface area contributed by atoms with Crippen LogP contribution in [0.4, 0.5) is 10.1 Å². The fraction of sp³-hybridized carbons (Fsp3) is 0.143. The van der Waals surface area contributed by atoms with Gasteiger partial charge in [-0.15, -0.1) is 0 Å². The van der Waals surface area contributed by atoms with Gasteiger partial charge in [0, 0.05) is 7.05 Å². The van der Waals surface area contributed by atoms with Gasteiger partial charge < -0.3 is 19.4 Å². The molecule has 0 spiro atoms. The summed E-state index contributed by atoms with van der Waals surface area (Å²) >= 11 is 0. The third-order valence-corrected chi connectivity index (χ3v) is 4.08. The van der Waals surface area contributed by atoms with Crippen molar-refractivity contribution >= 4 is 17.5 Å². The Kier molecular flexibility index (Phi) is 6.06. The molecule has 0 aliphatic heterocycles. The van der Waals surface area contributed by atoms with Crippen molar-refractivity contribution in [1.29, 1.82) is 0 Å². The van der Waals surface area contributed by atoms with Crippen LogP contribution in [0.25, 0.3) is 0 Å². The van der Waals surface area contributed by atoms with Crippen molar-refractivity contribution in [2.75, 3.05) is 18.6 Å². The Hall–Kier alpha value is -3.61. The molecule has 1 N–H and O–H groups in total. The van der Waals surface area contributed by atoms with Crippen LogP contribution < -0.4 is 15.0 Å². The number of furan rings is 1. The van der Waals surface area contributed by atoms with Crippen molar-refractivity contribution in [1.82, 2.24) is 5.32 Å². The van der Waals surface area contributed by atoms with Gasteiger partial charge in [0.2, 0.25) is 0 Å². The number of nitrogens with zero attached hydrogens (tertiary/aromatic N) is 1. The standard InChI is InChI=1S/C21H19FN2O4/c1-24(20(25)14-28-19-11-5-3-9-17(19)22)18-10-4-2-8-16(18)21(26)23-13-15-7-6-12-27-15/h2-12H,13-14H2,1H3,(H,23,26). The predicted octanol–water partition coefficient (Wildman–Crippen LogP) is 3.39. The number of para-hydroxylation sites is 2. The molecule has 28 heavy (non-hydrogen) atoms. The van der Waals surface area contributed by atoms with Gasteiger partial charge in [-0.05, 0) is 36.4 Å². The van der Waals surface area contributed by atoms with Crippen molar-refractivity contribution in [3.05, 3.63) is 84.1 Å². The number of hydrogen-bond acceptors (Lipinski definition) is 4. The molecule has 0 unspecified atom stereocenters. The quantitative estimate of drug-likeness (QED) is 0.680. The number of nitrogens with one attached hydrogen (secondary N) is 1. The third-order valence-electron chi connectivity index (χ3n) is 4.08. The molecular formula is C21H19FN2O4. The molecule has 0 aliphatic carbocycles. The van der Waals surface area contributed by atoms with E-state index in [9.17, 15) is 14.0 Å². The summed E-state index contributed by atoms with van der Waals surface area (Å²) in [6.07, 6.45) is 1.53. The summed E-state index contributed by atoms with van der Waals surface area (Å²) in [4.78, 5) is 26.3. The van der Waals surface area contributed by atoms with Gasteiger partial charge in [0.1, 0.15) is 5.76 Å². The largest absolute Gasteiger partial charge is 0.481 e. The molecule has 0 atom stereocenters. The molecule has 6 nitrogen and oxygen atoms in total. The van der Waals surface area contributed by atoms with Crippen LogP contribution in [0.2, 0.25) is 0 Å². The second kappa shape index (κ2) is 8.85. The van der Waals surface area contributed by atoms with Crippen molar-refractivity contribution in [3.63, 3.8) is 0 Å². The molecule has 3 aromatic rings. The van der Waals surface area contributed by atoms with Gasteiger partial charge in [0.15, 0.2) is 18.2 Å². The average molecular weight is 382 g/mol. The molecular weight excluding hydrogens is 363 g/mol. The molecule has 3 rings (SSSR count). The van der Waals surface area contributed by atoms with Gasteiger partial charge >= 0.3 is 0 Å². The van der Waals surface area contributed by atoms with Crippen LogP contribution in [0.3, 0.4) is 0 Å². The second-order valence-corrected chi connectivity index (χ2v) is 5.95. The number of halogens is 1. The molecule has 144 valence electrons. The van der Waals surface area contributed by atoms with E-state index in [1.807, 2.05) is 0 Å². The maximum Gasteiger partial charge on any atom is 0.264 e. The maximum atomic E-state index is 13.6. The first-order valence-corrected chi connectivity index (χ1v) is 8.59. The Bertz CT molecular complexity index is 957. The molecule has 2 amide bonds. The normalized spacial score (nSPS) is 10.4. The summed E-state index contributed by atoms with van der Waals surface area (Å²) in [5.41, 5.74) is 0.748. The van der Waals surface area contributed by atoms with Gasteiger partial charge in [-0.3, -0.25) is 9.59 Å². The van der Waals surface area contributed by atoms with Crippen LogP contribution in [0.15, 0.2) is 71.3 Å². The van der Waals surface area contributed by atoms with Crippen LogP contribution in [0, 0.1) is 5.82 Å². The van der Waals surface area contributed by atoms with Gasteiger partial charge in [-0.25, -0.2) is 4.39 Å². The molecule has 2 aromatic carbocycles. The SMILES string of the molecule is CN(C(=O)COc1ccccc1F)c1ccccc1C(=O)NCc1ccco1. The summed E-state index contributed by atoms with van der Waals surface area (Å²) in [7, 11) is 1.53. The summed E-state index contributed by atoms with van der Waals surface area (Å²) in [6, 6.07) is 16.0. The van der Waals surface area contributed by atoms with E-state index in [1.54, 1.807) is 42.5 Å². The van der Waals surface area contributed by atoms with Crippen molar-refractivity contribution in [3.8, 4) is 5.75 Å². The molecule has 0 aliphatic rings. The van der Waals surface area contributed by atoms with E-state index < -0.39 is 11.7 Å². The Morgan fingerprint density at radius 1 is 1.07 bits per heavy atom. The fourth-order valence-corrected chi connectivity index (χ4v) is 2.57. The number of rotatable bonds is 7. The molecule has 1 heterocycles. The van der Waals surface area contributed by atoms with E-state index in [-0.39, 0.29) is 24.8 Å². The molecule has 0 saturated heterocycles. The first-order chi connectivity index (χ1) is 13.6. The highest BCUT2D eigenvalue weighted by Crippen LogP contribution is 2.20. The number of carbonyl (C=O) groups is 2. The lowest BCUT2D eigenvalue weighted by Crippen LogP contribution is -2.33. The summed E-state index contributed by atoms with van der Waals surface area (Å²) in [5, 5.41) is 2.75. The number of amides is 2. The van der Waals surface area contributed by atoms with Gasteiger partial charge in [0.05, 0.1) is 24.1 Å². The molecule has 1 aromatic heterocycles. The highest BCUT2D eigenvalue weighted by atomic mass is 19.1. The Labute approximate surface area is 161 Å². The highest BCUT2D eigenvalue weighted by molar-refractivity contribution is 6.04. The van der Waals surface area contributed by atoms with Crippen LogP contribution in [0.5, 0.6) is 5.75 Å². The van der Waals surface area contributed by atoms with E-state index in [2.05, 4.69) is 5.32 Å². The molecule has 0 radical (unpaired) electrons. The average Bonchev–Trinajstić information content (AvgIpc) is 3.24. The topological polar surface area (TPSA) is 71.8 Å². The summed E-state index contributed by atoms with van der Waals surface area (Å²) in [5.74, 6) is -0.700. The zero-order chi connectivity index (χ0) is 19.9. The van der Waals surface area contributed by atoms with Crippen LogP contribution >= 0.6 is 0 Å². The Morgan fingerprint density at radius 3 is 2.57 bits per heavy atom. The zero-order valence-corrected chi connectivity index (χ0v) is 15.2. The van der Waals surface area contributed by atoms with E-state index in [0.717, 1.165) is 0 Å². The van der Waals surface area contributed by atoms with Crippen molar-refractivity contribution < 1.29 is 23.1 Å². The van der Waals surface area contributed by atoms with Crippen molar-refractivity contribution in [2.24, 2.45) is 0 Å². The first kappa shape index (κ1) is 19.2. The van der Waals surface area contributed by atoms with E-state index in [1.165, 1.54) is 36.4 Å². The molecule has 7 heteroatoms. The van der Waals surface area contributed by atoms with E-state index in [4.69, 9.17) is 9.15 Å². The monoisotopic (exact) mass is 382 g/mol. The first-order valence-electron chi connectivity index (χ1n) is 8.59. The third kappa shape index (κ3) is 4.56. The number of ether oxygens (including phenoxy) is 1. The van der Waals surface area contributed by atoms with E-state index >= 15 is 0 Å². The number of carbonyl (C=O) groups excluding carboxylic acids is 2. The zero-order valence-electron chi connectivity index (χ0n) is 15.2. The second-order valence-electron chi connectivity index (χ2n) is 5.95. The van der Waals surface area contributed by atoms with Gasteiger partial charge in [0.25, 0.3) is 11.8 Å². The van der Waals surface area contributed by atoms with Crippen LogP contribution in [-0.4, -0.2) is 25.5 Å². The number of likely N-dealkylation sites (N-methyl/N-ethyl adjacent to an activating group) is 1. The smallest absolute Gasteiger partial charge is 0.264 e. The summed E-state index contributed by atoms with van der Waals surface area (Å²) in [6.45, 7) is -0.131. The minimum atomic E-state index is -0.546. The number of anilines is 1. The Balaban J connectivity index is 1.67. The van der Waals surface area contributed by atoms with Gasteiger partial charge in [-0.2, -0.15) is 0 Å².